The molecule has 2 aromatic carbocycles. The summed E-state index contributed by atoms with van der Waals surface area (Å²) in [6.07, 6.45) is 9.85. The van der Waals surface area contributed by atoms with Gasteiger partial charge in [-0.25, -0.2) is 14.7 Å². The van der Waals surface area contributed by atoms with Crippen LogP contribution in [0.5, 0.6) is 11.5 Å². The van der Waals surface area contributed by atoms with Gasteiger partial charge in [-0.1, -0.05) is 63.5 Å². The fraction of sp³-hybridized carbons (Fsp3) is 0.500. The van der Waals surface area contributed by atoms with Crippen LogP contribution < -0.4 is 24.8 Å². The van der Waals surface area contributed by atoms with Gasteiger partial charge in [0.15, 0.2) is 0 Å². The zero-order valence-electron chi connectivity index (χ0n) is 35.9. The summed E-state index contributed by atoms with van der Waals surface area (Å²) >= 11 is 1.51. The molecule has 0 bridgehead atoms. The van der Waals surface area contributed by atoms with Gasteiger partial charge < -0.3 is 25.0 Å². The number of benzene rings is 2. The lowest BCUT2D eigenvalue weighted by molar-refractivity contribution is -0.140. The summed E-state index contributed by atoms with van der Waals surface area (Å²) in [5.74, 6) is -0.536. The van der Waals surface area contributed by atoms with E-state index in [1.165, 1.54) is 15.6 Å². The van der Waals surface area contributed by atoms with Crippen molar-refractivity contribution in [1.82, 2.24) is 29.2 Å². The number of allylic oxidation sites excluding steroid dienone is 1. The number of thiazole rings is 1. The maximum Gasteiger partial charge on any atom is 0.303 e. The number of anilines is 1. The predicted molar refractivity (Wildman–Crippen MR) is 240 cm³/mol. The molecule has 5 atom stereocenters. The molecular formula is C46H57N7O7S2. The van der Waals surface area contributed by atoms with E-state index in [0.29, 0.717) is 55.1 Å². The number of rotatable bonds is 10. The molecule has 3 fully saturated rings. The molecular weight excluding hydrogens is 827 g/mol. The Morgan fingerprint density at radius 3 is 2.52 bits per heavy atom. The van der Waals surface area contributed by atoms with E-state index in [9.17, 15) is 22.8 Å². The van der Waals surface area contributed by atoms with Crippen molar-refractivity contribution in [2.75, 3.05) is 32.1 Å². The number of aryl methyl sites for hydroxylation is 1. The zero-order chi connectivity index (χ0) is 43.6. The number of nitrogens with one attached hydrogen (secondary N) is 3. The number of fused-ring (bicyclic) bond motifs is 3. The monoisotopic (exact) mass is 883 g/mol. The van der Waals surface area contributed by atoms with Gasteiger partial charge in [-0.05, 0) is 75.6 Å². The third-order valence-corrected chi connectivity index (χ3v) is 15.0. The highest BCUT2D eigenvalue weighted by Gasteiger charge is 2.62. The van der Waals surface area contributed by atoms with E-state index in [4.69, 9.17) is 19.4 Å². The SMILES string of the molecule is COc1ccc2c(O[C@@H]3C[C@H]4C(=O)N[C@]5(C(=O)NS(=O)(=O)N6CCCCC6)C[C@H]5C=CCCCCC[C@H](Nc5ccccc5)C(=O)N4C3)cc(-c3nc(C(C)C)cs3)nc2c1C. The molecule has 62 heavy (non-hydrogen) atoms. The van der Waals surface area contributed by atoms with Crippen LogP contribution in [-0.2, 0) is 24.6 Å². The van der Waals surface area contributed by atoms with Crippen LogP contribution in [0.15, 0.2) is 66.1 Å². The second-order valence-electron chi connectivity index (χ2n) is 17.3. The van der Waals surface area contributed by atoms with Gasteiger partial charge >= 0.3 is 10.2 Å². The van der Waals surface area contributed by atoms with E-state index in [2.05, 4.69) is 29.2 Å². The summed E-state index contributed by atoms with van der Waals surface area (Å²) in [4.78, 5) is 55.4. The first-order valence-corrected chi connectivity index (χ1v) is 24.2. The number of aromatic nitrogens is 2. The molecule has 1 aliphatic carbocycles. The van der Waals surface area contributed by atoms with Crippen LogP contribution in [0.3, 0.4) is 0 Å². The van der Waals surface area contributed by atoms with Crippen molar-refractivity contribution in [2.45, 2.75) is 115 Å². The number of carbonyl (C=O) groups is 3. The topological polar surface area (TPSA) is 172 Å². The second-order valence-corrected chi connectivity index (χ2v) is 19.8. The van der Waals surface area contributed by atoms with Crippen molar-refractivity contribution in [3.63, 3.8) is 0 Å². The quantitative estimate of drug-likeness (QED) is 0.143. The maximum atomic E-state index is 14.9. The van der Waals surface area contributed by atoms with Crippen LogP contribution in [0.25, 0.3) is 21.6 Å². The number of amides is 3. The molecule has 3 N–H and O–H groups in total. The second kappa shape index (κ2) is 18.3. The van der Waals surface area contributed by atoms with E-state index in [0.717, 1.165) is 59.4 Å². The van der Waals surface area contributed by atoms with Crippen LogP contribution in [0.2, 0.25) is 0 Å². The lowest BCUT2D eigenvalue weighted by Crippen LogP contribution is -2.58. The first kappa shape index (κ1) is 43.6. The van der Waals surface area contributed by atoms with E-state index in [1.54, 1.807) is 12.0 Å². The molecule has 4 aromatic rings. The standard InChI is InChI=1S/C46H57N7O7S2/c1-29(2)37-28-61-43(49-37)36-25-40(34-20-21-39(59-4)30(3)41(34)48-36)60-33-24-38-42(54)50-46(45(56)51-62(57,58)52-22-14-9-15-23-52)26-31(46)16-10-6-5-7-13-19-35(44(55)53(38)27-33)47-32-17-11-8-12-18-32/h8,10-12,16-18,20-21,25,28-29,31,33,35,38,47H,5-7,9,13-15,19,22-24,26-27H2,1-4H3,(H,50,54)(H,51,56)/t31-,33-,35+,38+,46-/m1/s1. The number of hydrogen-bond donors (Lipinski definition) is 3. The number of carbonyl (C=O) groups excluding carboxylic acids is 3. The van der Waals surface area contributed by atoms with Gasteiger partial charge in [-0.2, -0.15) is 12.7 Å². The molecule has 8 rings (SSSR count). The predicted octanol–water partition coefficient (Wildman–Crippen LogP) is 6.87. The first-order valence-electron chi connectivity index (χ1n) is 21.9. The van der Waals surface area contributed by atoms with E-state index in [-0.39, 0.29) is 31.2 Å². The molecule has 3 amide bonds. The van der Waals surface area contributed by atoms with Crippen LogP contribution in [0.4, 0.5) is 5.69 Å². The van der Waals surface area contributed by atoms with Gasteiger partial charge in [0, 0.05) is 53.5 Å². The lowest BCUT2D eigenvalue weighted by Gasteiger charge is -2.30. The van der Waals surface area contributed by atoms with Crippen LogP contribution in [0, 0.1) is 12.8 Å². The summed E-state index contributed by atoms with van der Waals surface area (Å²) in [6.45, 7) is 6.89. The molecule has 14 nitrogen and oxygen atoms in total. The summed E-state index contributed by atoms with van der Waals surface area (Å²) in [5, 5.41) is 9.98. The summed E-state index contributed by atoms with van der Waals surface area (Å²) in [7, 11) is -2.52. The Morgan fingerprint density at radius 1 is 1.00 bits per heavy atom. The molecule has 4 aliphatic rings. The summed E-state index contributed by atoms with van der Waals surface area (Å²) in [6, 6.07) is 13.5. The van der Waals surface area contributed by atoms with Crippen LogP contribution in [-0.4, -0.2) is 95.8 Å². The molecule has 0 radical (unpaired) electrons. The van der Waals surface area contributed by atoms with E-state index < -0.39 is 51.7 Å². The fourth-order valence-corrected chi connectivity index (χ4v) is 11.2. The van der Waals surface area contributed by atoms with Gasteiger partial charge in [0.1, 0.15) is 45.9 Å². The maximum absolute atomic E-state index is 14.9. The number of hydrogen-bond acceptors (Lipinski definition) is 11. The number of para-hydroxylation sites is 1. The molecule has 2 aromatic heterocycles. The minimum Gasteiger partial charge on any atom is -0.496 e. The summed E-state index contributed by atoms with van der Waals surface area (Å²) < 4.78 is 43.1. The Hall–Kier alpha value is -5.06. The first-order chi connectivity index (χ1) is 29.9. The largest absolute Gasteiger partial charge is 0.496 e. The minimum absolute atomic E-state index is 0.0960. The van der Waals surface area contributed by atoms with Gasteiger partial charge in [-0.3, -0.25) is 14.4 Å². The zero-order valence-corrected chi connectivity index (χ0v) is 37.5. The highest BCUT2D eigenvalue weighted by molar-refractivity contribution is 7.87. The third kappa shape index (κ3) is 9.18. The fourth-order valence-electron chi connectivity index (χ4n) is 8.93. The van der Waals surface area contributed by atoms with Crippen molar-refractivity contribution in [3.8, 4) is 22.2 Å². The molecule has 1 saturated carbocycles. The van der Waals surface area contributed by atoms with Gasteiger partial charge in [0.2, 0.25) is 11.8 Å². The third-order valence-electron chi connectivity index (χ3n) is 12.6. The Balaban J connectivity index is 1.14. The molecule has 2 saturated heterocycles. The number of nitrogens with zero attached hydrogens (tertiary/aromatic N) is 4. The Morgan fingerprint density at radius 2 is 1.77 bits per heavy atom. The Kier molecular flexibility index (Phi) is 12.9. The highest BCUT2D eigenvalue weighted by Crippen LogP contribution is 2.46. The van der Waals surface area contributed by atoms with Crippen molar-refractivity contribution in [2.24, 2.45) is 5.92 Å². The van der Waals surface area contributed by atoms with E-state index >= 15 is 0 Å². The van der Waals surface area contributed by atoms with Crippen molar-refractivity contribution < 1.29 is 32.3 Å². The molecule has 5 heterocycles. The van der Waals surface area contributed by atoms with Crippen molar-refractivity contribution in [3.05, 3.63) is 77.3 Å². The average Bonchev–Trinajstić information content (AvgIpc) is 3.54. The summed E-state index contributed by atoms with van der Waals surface area (Å²) in [5.41, 5.74) is 2.41. The molecule has 3 aliphatic heterocycles. The highest BCUT2D eigenvalue weighted by atomic mass is 32.2. The van der Waals surface area contributed by atoms with Crippen molar-refractivity contribution in [1.29, 1.82) is 0 Å². The number of ether oxygens (including phenoxy) is 2. The number of methoxy groups -OCH3 is 1. The van der Waals surface area contributed by atoms with E-state index in [1.807, 2.05) is 73.0 Å². The Bertz CT molecular complexity index is 2440. The number of pyridine rings is 1. The average molecular weight is 884 g/mol. The molecule has 0 spiro atoms. The van der Waals surface area contributed by atoms with Gasteiger partial charge in [0.05, 0.1) is 24.9 Å². The molecule has 330 valence electrons. The molecule has 16 heteroatoms. The number of piperidine rings is 1. The van der Waals surface area contributed by atoms with Crippen molar-refractivity contribution >= 4 is 55.9 Å². The van der Waals surface area contributed by atoms with Crippen LogP contribution in [0.1, 0.15) is 95.2 Å². The normalized spacial score (nSPS) is 25.0. The lowest BCUT2D eigenvalue weighted by atomic mass is 10.0. The Labute approximate surface area is 368 Å². The smallest absolute Gasteiger partial charge is 0.303 e. The van der Waals surface area contributed by atoms with Gasteiger partial charge in [0.25, 0.3) is 5.91 Å². The minimum atomic E-state index is -4.14. The van der Waals surface area contributed by atoms with Crippen LogP contribution >= 0.6 is 11.3 Å². The molecule has 0 unspecified atom stereocenters. The van der Waals surface area contributed by atoms with Gasteiger partial charge in [-0.15, -0.1) is 11.3 Å².